The molecule has 1 aliphatic rings. The van der Waals surface area contributed by atoms with Gasteiger partial charge in [-0.25, -0.2) is 4.79 Å². The predicted octanol–water partition coefficient (Wildman–Crippen LogP) is -0.508. The van der Waals surface area contributed by atoms with Crippen molar-refractivity contribution in [3.63, 3.8) is 0 Å². The Morgan fingerprint density at radius 3 is 2.83 bits per heavy atom. The third-order valence-electron chi connectivity index (χ3n) is 1.42. The summed E-state index contributed by atoms with van der Waals surface area (Å²) in [4.78, 5) is 21.2. The van der Waals surface area contributed by atoms with E-state index in [9.17, 15) is 9.59 Å². The van der Waals surface area contributed by atoms with E-state index >= 15 is 0 Å². The van der Waals surface area contributed by atoms with E-state index in [1.807, 2.05) is 0 Å². The van der Waals surface area contributed by atoms with Crippen molar-refractivity contribution >= 4 is 11.9 Å². The molecule has 1 atom stereocenters. The number of carbonyl (C=O) groups excluding carboxylic acids is 2. The van der Waals surface area contributed by atoms with Gasteiger partial charge in [0.05, 0.1) is 13.0 Å². The van der Waals surface area contributed by atoms with Gasteiger partial charge < -0.3 is 14.2 Å². The average Bonchev–Trinajstić information content (AvgIpc) is 1.99. The smallest absolute Gasteiger partial charge is 0.348 e. The molecule has 1 aliphatic heterocycles. The highest BCUT2D eigenvalue weighted by Crippen LogP contribution is 2.14. The maximum Gasteiger partial charge on any atom is 0.348 e. The zero-order valence-electron chi connectivity index (χ0n) is 6.74. The second-order valence-corrected chi connectivity index (χ2v) is 2.34. The molecule has 0 radical (unpaired) electrons. The lowest BCUT2D eigenvalue weighted by atomic mass is 10.2. The molecule has 68 valence electrons. The first kappa shape index (κ1) is 8.99. The van der Waals surface area contributed by atoms with Crippen molar-refractivity contribution < 1.29 is 23.8 Å². The molecule has 0 saturated carbocycles. The van der Waals surface area contributed by atoms with Crippen LogP contribution in [0.4, 0.5) is 0 Å². The summed E-state index contributed by atoms with van der Waals surface area (Å²) in [7, 11) is 1.51. The number of esters is 2. The first-order valence-electron chi connectivity index (χ1n) is 3.59. The Hall–Kier alpha value is -1.10. The van der Waals surface area contributed by atoms with Crippen molar-refractivity contribution in [2.45, 2.75) is 12.5 Å². The molecule has 1 rings (SSSR count). The molecule has 0 aliphatic carbocycles. The van der Waals surface area contributed by atoms with Crippen LogP contribution in [-0.2, 0) is 23.8 Å². The number of methoxy groups -OCH3 is 1. The number of ether oxygens (including phenoxy) is 3. The highest BCUT2D eigenvalue weighted by Gasteiger charge is 2.36. The molecule has 0 aromatic carbocycles. The van der Waals surface area contributed by atoms with Crippen molar-refractivity contribution in [2.75, 3.05) is 20.3 Å². The topological polar surface area (TPSA) is 61.8 Å². The Bertz CT molecular complexity index is 180. The van der Waals surface area contributed by atoms with E-state index < -0.39 is 12.1 Å². The quantitative estimate of drug-likeness (QED) is 0.424. The van der Waals surface area contributed by atoms with Gasteiger partial charge >= 0.3 is 11.9 Å². The molecule has 0 aromatic rings. The lowest BCUT2D eigenvalue weighted by molar-refractivity contribution is -0.186. The average molecular weight is 174 g/mol. The Kier molecular flexibility index (Phi) is 3.04. The molecular formula is C7H10O5. The van der Waals surface area contributed by atoms with Crippen molar-refractivity contribution in [3.8, 4) is 0 Å². The number of cyclic esters (lactones) is 1. The monoisotopic (exact) mass is 174 g/mol. The summed E-state index contributed by atoms with van der Waals surface area (Å²) in [6.45, 7) is 0.551. The summed E-state index contributed by atoms with van der Waals surface area (Å²) >= 11 is 0. The van der Waals surface area contributed by atoms with Gasteiger partial charge in [0, 0.05) is 7.11 Å². The van der Waals surface area contributed by atoms with Crippen LogP contribution in [0.1, 0.15) is 6.42 Å². The molecular weight excluding hydrogens is 164 g/mol. The Morgan fingerprint density at radius 2 is 2.33 bits per heavy atom. The second kappa shape index (κ2) is 4.06. The molecule has 1 fully saturated rings. The van der Waals surface area contributed by atoms with Gasteiger partial charge in [-0.3, -0.25) is 4.79 Å². The minimum absolute atomic E-state index is 0.131. The molecule has 0 N–H and O–H groups in total. The third kappa shape index (κ3) is 2.20. The van der Waals surface area contributed by atoms with Gasteiger partial charge in [0.2, 0.25) is 6.10 Å². The van der Waals surface area contributed by atoms with Gasteiger partial charge in [-0.15, -0.1) is 0 Å². The molecule has 0 amide bonds. The predicted molar refractivity (Wildman–Crippen MR) is 37.3 cm³/mol. The highest BCUT2D eigenvalue weighted by atomic mass is 16.6. The van der Waals surface area contributed by atoms with E-state index in [0.717, 1.165) is 0 Å². The van der Waals surface area contributed by atoms with E-state index in [-0.39, 0.29) is 19.0 Å². The van der Waals surface area contributed by atoms with Crippen LogP contribution in [0, 0.1) is 0 Å². The van der Waals surface area contributed by atoms with E-state index in [1.54, 1.807) is 0 Å². The van der Waals surface area contributed by atoms with Gasteiger partial charge in [0.15, 0.2) is 0 Å². The first-order valence-corrected chi connectivity index (χ1v) is 3.59. The fourth-order valence-corrected chi connectivity index (χ4v) is 0.750. The van der Waals surface area contributed by atoms with E-state index in [1.165, 1.54) is 7.11 Å². The summed E-state index contributed by atoms with van der Waals surface area (Å²) in [5.41, 5.74) is 0. The van der Waals surface area contributed by atoms with Crippen LogP contribution in [0.3, 0.4) is 0 Å². The minimum Gasteiger partial charge on any atom is -0.460 e. The van der Waals surface area contributed by atoms with Gasteiger partial charge in [-0.2, -0.15) is 0 Å². The number of hydrogen-bond donors (Lipinski definition) is 0. The normalized spacial score (nSPS) is 21.1. The van der Waals surface area contributed by atoms with Gasteiger partial charge in [-0.1, -0.05) is 0 Å². The fraction of sp³-hybridized carbons (Fsp3) is 0.714. The molecule has 1 saturated heterocycles. The standard InChI is InChI=1S/C7H10O5/c1-10-2-3-11-7(9)5-4-6(8)12-5/h5H,2-4H2,1H3. The van der Waals surface area contributed by atoms with Gasteiger partial charge in [-0.05, 0) is 0 Å². The zero-order chi connectivity index (χ0) is 8.97. The maximum atomic E-state index is 10.9. The van der Waals surface area contributed by atoms with Crippen LogP contribution < -0.4 is 0 Å². The van der Waals surface area contributed by atoms with E-state index in [0.29, 0.717) is 6.61 Å². The minimum atomic E-state index is -0.686. The van der Waals surface area contributed by atoms with Gasteiger partial charge in [0.1, 0.15) is 6.61 Å². The van der Waals surface area contributed by atoms with Crippen molar-refractivity contribution in [2.24, 2.45) is 0 Å². The summed E-state index contributed by atoms with van der Waals surface area (Å²) in [5.74, 6) is -0.852. The lowest BCUT2D eigenvalue weighted by Crippen LogP contribution is -2.40. The van der Waals surface area contributed by atoms with Crippen LogP contribution in [0.5, 0.6) is 0 Å². The van der Waals surface area contributed by atoms with Crippen LogP contribution in [0.15, 0.2) is 0 Å². The SMILES string of the molecule is COCCOC(=O)C1CC(=O)O1. The highest BCUT2D eigenvalue weighted by molar-refractivity contribution is 5.89. The maximum absolute atomic E-state index is 10.9. The molecule has 0 aromatic heterocycles. The van der Waals surface area contributed by atoms with Crippen LogP contribution in [0.25, 0.3) is 0 Å². The summed E-state index contributed by atoms with van der Waals surface area (Å²) in [5, 5.41) is 0. The van der Waals surface area contributed by atoms with E-state index in [4.69, 9.17) is 4.74 Å². The number of carbonyl (C=O) groups is 2. The lowest BCUT2D eigenvalue weighted by Gasteiger charge is -2.23. The third-order valence-corrected chi connectivity index (χ3v) is 1.42. The van der Waals surface area contributed by atoms with Crippen molar-refractivity contribution in [3.05, 3.63) is 0 Å². The van der Waals surface area contributed by atoms with Crippen LogP contribution >= 0.6 is 0 Å². The Labute approximate surface area is 69.6 Å². The molecule has 1 unspecified atom stereocenters. The summed E-state index contributed by atoms with van der Waals surface area (Å²) in [6.07, 6.45) is -0.555. The number of rotatable bonds is 4. The molecule has 0 bridgehead atoms. The fourth-order valence-electron chi connectivity index (χ4n) is 0.750. The molecule has 1 heterocycles. The number of hydrogen-bond acceptors (Lipinski definition) is 5. The van der Waals surface area contributed by atoms with Crippen LogP contribution in [-0.4, -0.2) is 38.4 Å². The van der Waals surface area contributed by atoms with Crippen molar-refractivity contribution in [1.82, 2.24) is 0 Å². The van der Waals surface area contributed by atoms with E-state index in [2.05, 4.69) is 9.47 Å². The molecule has 5 heteroatoms. The first-order chi connectivity index (χ1) is 5.74. The Balaban J connectivity index is 2.08. The second-order valence-electron chi connectivity index (χ2n) is 2.34. The summed E-state index contributed by atoms with van der Waals surface area (Å²) < 4.78 is 13.8. The largest absolute Gasteiger partial charge is 0.460 e. The van der Waals surface area contributed by atoms with Crippen molar-refractivity contribution in [1.29, 1.82) is 0 Å². The van der Waals surface area contributed by atoms with Gasteiger partial charge in [0.25, 0.3) is 0 Å². The zero-order valence-corrected chi connectivity index (χ0v) is 6.74. The molecule has 0 spiro atoms. The van der Waals surface area contributed by atoms with Crippen LogP contribution in [0.2, 0.25) is 0 Å². The molecule has 12 heavy (non-hydrogen) atoms. The Morgan fingerprint density at radius 1 is 1.67 bits per heavy atom. The molecule has 5 nitrogen and oxygen atoms in total. The summed E-state index contributed by atoms with van der Waals surface area (Å²) in [6, 6.07) is 0.